The molecule has 2 unspecified atom stereocenters. The van der Waals surface area contributed by atoms with E-state index >= 15 is 0 Å². The molecule has 5 rings (SSSR count). The Labute approximate surface area is 205 Å². The molecule has 0 radical (unpaired) electrons. The zero-order valence-electron chi connectivity index (χ0n) is 20.2. The highest BCUT2D eigenvalue weighted by atomic mass is 16.1. The predicted octanol–water partition coefficient (Wildman–Crippen LogP) is 2.58. The van der Waals surface area contributed by atoms with Crippen molar-refractivity contribution in [2.45, 2.75) is 70.6 Å². The van der Waals surface area contributed by atoms with Crippen molar-refractivity contribution in [3.8, 4) is 5.82 Å². The van der Waals surface area contributed by atoms with Crippen LogP contribution in [0.4, 0.5) is 5.82 Å². The van der Waals surface area contributed by atoms with Gasteiger partial charge in [-0.2, -0.15) is 5.10 Å². The van der Waals surface area contributed by atoms with E-state index in [1.807, 2.05) is 37.4 Å². The Kier molecular flexibility index (Phi) is 7.01. The second kappa shape index (κ2) is 10.5. The summed E-state index contributed by atoms with van der Waals surface area (Å²) in [4.78, 5) is 26.8. The average Bonchev–Trinajstić information content (AvgIpc) is 3.55. The van der Waals surface area contributed by atoms with E-state index in [0.717, 1.165) is 60.8 Å². The second-order valence-corrected chi connectivity index (χ2v) is 9.62. The van der Waals surface area contributed by atoms with Gasteiger partial charge in [0.25, 0.3) is 0 Å². The standard InChI is InChI=1S/C25H33N9O/c1-16-12-21(30-22-13-17(2)32-33-22)31-24(29-16)19-5-7-20(8-6-19)25(35)27-15-18-4-9-23(26-14-18)34-11-3-10-28-34/h3-4,9-12,14,17,19-20,22,32-33H,5-8,13,15H2,1-2H3,(H,27,35)(H,29,30,31). The van der Waals surface area contributed by atoms with Crippen LogP contribution >= 0.6 is 0 Å². The van der Waals surface area contributed by atoms with Crippen LogP contribution in [0.5, 0.6) is 0 Å². The van der Waals surface area contributed by atoms with Gasteiger partial charge in [-0.1, -0.05) is 6.07 Å². The number of nitrogens with zero attached hydrogens (tertiary/aromatic N) is 5. The van der Waals surface area contributed by atoms with Gasteiger partial charge in [0.05, 0.1) is 6.17 Å². The molecule has 4 N–H and O–H groups in total. The van der Waals surface area contributed by atoms with Gasteiger partial charge >= 0.3 is 0 Å². The Hall–Kier alpha value is -3.37. The first-order chi connectivity index (χ1) is 17.0. The Balaban J connectivity index is 1.11. The topological polar surface area (TPSA) is 122 Å². The molecule has 0 aromatic carbocycles. The van der Waals surface area contributed by atoms with Crippen LogP contribution in [0.25, 0.3) is 5.82 Å². The summed E-state index contributed by atoms with van der Waals surface area (Å²) >= 11 is 0. The van der Waals surface area contributed by atoms with Gasteiger partial charge in [0.15, 0.2) is 5.82 Å². The molecule has 10 heteroatoms. The van der Waals surface area contributed by atoms with Crippen molar-refractivity contribution in [3.63, 3.8) is 0 Å². The SMILES string of the molecule is Cc1cc(NC2CC(C)NN2)nc(C2CCC(C(=O)NCc3ccc(-n4cccn4)nc3)CC2)n1. The van der Waals surface area contributed by atoms with Crippen LogP contribution < -0.4 is 21.5 Å². The zero-order valence-corrected chi connectivity index (χ0v) is 20.2. The van der Waals surface area contributed by atoms with Crippen molar-refractivity contribution in [1.29, 1.82) is 0 Å². The highest BCUT2D eigenvalue weighted by Gasteiger charge is 2.29. The molecule has 2 aliphatic rings. The van der Waals surface area contributed by atoms with E-state index in [9.17, 15) is 4.79 Å². The number of hydrogen-bond donors (Lipinski definition) is 4. The Morgan fingerprint density at radius 3 is 2.71 bits per heavy atom. The first-order valence-electron chi connectivity index (χ1n) is 12.4. The lowest BCUT2D eigenvalue weighted by molar-refractivity contribution is -0.126. The highest BCUT2D eigenvalue weighted by Crippen LogP contribution is 2.35. The lowest BCUT2D eigenvalue weighted by Gasteiger charge is -2.27. The van der Waals surface area contributed by atoms with Gasteiger partial charge in [0.1, 0.15) is 11.6 Å². The minimum Gasteiger partial charge on any atom is -0.353 e. The minimum atomic E-state index is 0.0280. The molecule has 1 amide bonds. The number of pyridine rings is 1. The monoisotopic (exact) mass is 475 g/mol. The van der Waals surface area contributed by atoms with Crippen LogP contribution in [-0.4, -0.2) is 42.8 Å². The molecule has 10 nitrogen and oxygen atoms in total. The molecular formula is C25H33N9O. The van der Waals surface area contributed by atoms with Crippen LogP contribution in [0, 0.1) is 12.8 Å². The molecule has 0 spiro atoms. The molecule has 184 valence electrons. The zero-order chi connectivity index (χ0) is 24.2. The van der Waals surface area contributed by atoms with E-state index in [-0.39, 0.29) is 23.9 Å². The Bertz CT molecular complexity index is 1120. The molecule has 3 aromatic heterocycles. The molecule has 1 saturated carbocycles. The van der Waals surface area contributed by atoms with E-state index in [4.69, 9.17) is 9.97 Å². The van der Waals surface area contributed by atoms with Gasteiger partial charge in [-0.15, -0.1) is 0 Å². The summed E-state index contributed by atoms with van der Waals surface area (Å²) < 4.78 is 1.71. The van der Waals surface area contributed by atoms with Crippen LogP contribution in [0.2, 0.25) is 0 Å². The van der Waals surface area contributed by atoms with E-state index in [1.54, 1.807) is 17.1 Å². The molecule has 2 fully saturated rings. The summed E-state index contributed by atoms with van der Waals surface area (Å²) in [6.45, 7) is 4.63. The number of carbonyl (C=O) groups is 1. The number of amides is 1. The quantitative estimate of drug-likeness (QED) is 0.411. The lowest BCUT2D eigenvalue weighted by atomic mass is 9.81. The number of rotatable bonds is 7. The van der Waals surface area contributed by atoms with Gasteiger partial charge in [-0.3, -0.25) is 10.2 Å². The van der Waals surface area contributed by atoms with Gasteiger partial charge in [-0.25, -0.2) is 25.1 Å². The van der Waals surface area contributed by atoms with Crippen LogP contribution in [-0.2, 0) is 11.3 Å². The third-order valence-corrected chi connectivity index (χ3v) is 6.76. The number of hydrogen-bond acceptors (Lipinski definition) is 8. The molecular weight excluding hydrogens is 442 g/mol. The number of aryl methyl sites for hydroxylation is 1. The lowest BCUT2D eigenvalue weighted by Crippen LogP contribution is -2.37. The Morgan fingerprint density at radius 2 is 2.03 bits per heavy atom. The first-order valence-corrected chi connectivity index (χ1v) is 12.4. The number of anilines is 1. The molecule has 3 aromatic rings. The fraction of sp³-hybridized carbons (Fsp3) is 0.480. The molecule has 35 heavy (non-hydrogen) atoms. The van der Waals surface area contributed by atoms with Crippen molar-refractivity contribution < 1.29 is 4.79 Å². The number of aromatic nitrogens is 5. The van der Waals surface area contributed by atoms with Crippen molar-refractivity contribution >= 4 is 11.7 Å². The van der Waals surface area contributed by atoms with Crippen LogP contribution in [0.1, 0.15) is 62.0 Å². The third kappa shape index (κ3) is 5.83. The van der Waals surface area contributed by atoms with Gasteiger partial charge in [0.2, 0.25) is 5.91 Å². The summed E-state index contributed by atoms with van der Waals surface area (Å²) in [5.41, 5.74) is 8.41. The van der Waals surface area contributed by atoms with E-state index in [2.05, 4.69) is 38.5 Å². The maximum absolute atomic E-state index is 12.8. The molecule has 1 aliphatic carbocycles. The van der Waals surface area contributed by atoms with Gasteiger partial charge < -0.3 is 10.6 Å². The van der Waals surface area contributed by atoms with Crippen LogP contribution in [0.3, 0.4) is 0 Å². The largest absolute Gasteiger partial charge is 0.353 e. The fourth-order valence-electron chi connectivity index (χ4n) is 4.84. The van der Waals surface area contributed by atoms with E-state index in [0.29, 0.717) is 12.6 Å². The maximum Gasteiger partial charge on any atom is 0.223 e. The van der Waals surface area contributed by atoms with E-state index < -0.39 is 0 Å². The van der Waals surface area contributed by atoms with E-state index in [1.165, 1.54) is 0 Å². The maximum atomic E-state index is 12.8. The molecule has 2 atom stereocenters. The summed E-state index contributed by atoms with van der Waals surface area (Å²) in [5.74, 6) is 2.92. The highest BCUT2D eigenvalue weighted by molar-refractivity contribution is 5.78. The minimum absolute atomic E-state index is 0.0280. The van der Waals surface area contributed by atoms with Gasteiger partial charge in [0, 0.05) is 54.8 Å². The van der Waals surface area contributed by atoms with Crippen LogP contribution in [0.15, 0.2) is 42.9 Å². The molecule has 1 aliphatic heterocycles. The van der Waals surface area contributed by atoms with Crippen molar-refractivity contribution in [1.82, 2.24) is 40.9 Å². The molecule has 0 bridgehead atoms. The van der Waals surface area contributed by atoms with Crippen molar-refractivity contribution in [3.05, 3.63) is 59.9 Å². The average molecular weight is 476 g/mol. The number of carbonyl (C=O) groups excluding carboxylic acids is 1. The summed E-state index contributed by atoms with van der Waals surface area (Å²) in [6.07, 6.45) is 10.0. The normalized spacial score (nSPS) is 24.3. The molecule has 1 saturated heterocycles. The number of hydrazine groups is 1. The first kappa shape index (κ1) is 23.4. The smallest absolute Gasteiger partial charge is 0.223 e. The van der Waals surface area contributed by atoms with Crippen molar-refractivity contribution in [2.75, 3.05) is 5.32 Å². The van der Waals surface area contributed by atoms with Crippen molar-refractivity contribution in [2.24, 2.45) is 5.92 Å². The number of nitrogens with one attached hydrogen (secondary N) is 4. The third-order valence-electron chi connectivity index (χ3n) is 6.76. The fourth-order valence-corrected chi connectivity index (χ4v) is 4.84. The molecule has 4 heterocycles. The summed E-state index contributed by atoms with van der Waals surface area (Å²) in [6, 6.07) is 8.15. The van der Waals surface area contributed by atoms with Gasteiger partial charge in [-0.05, 0) is 63.6 Å². The second-order valence-electron chi connectivity index (χ2n) is 9.62. The Morgan fingerprint density at radius 1 is 1.17 bits per heavy atom. The summed E-state index contributed by atoms with van der Waals surface area (Å²) in [5, 5.41) is 10.7. The predicted molar refractivity (Wildman–Crippen MR) is 132 cm³/mol. The summed E-state index contributed by atoms with van der Waals surface area (Å²) in [7, 11) is 0.